The van der Waals surface area contributed by atoms with Crippen LogP contribution in [0.2, 0.25) is 0 Å². The summed E-state index contributed by atoms with van der Waals surface area (Å²) in [5.41, 5.74) is 2.94. The summed E-state index contributed by atoms with van der Waals surface area (Å²) in [4.78, 5) is 0. The second-order valence-corrected chi connectivity index (χ2v) is 5.75. The Kier molecular flexibility index (Phi) is 5.16. The Hall–Kier alpha value is -0.860. The molecule has 0 radical (unpaired) electrons. The topological polar surface area (TPSA) is 32.3 Å². The fraction of sp³-hybridized carbons (Fsp3) is 0.600. The molecule has 0 saturated carbocycles. The van der Waals surface area contributed by atoms with Crippen molar-refractivity contribution in [2.24, 2.45) is 0 Å². The van der Waals surface area contributed by atoms with Crippen molar-refractivity contribution in [3.05, 3.63) is 35.4 Å². The molecule has 2 nitrogen and oxygen atoms in total. The Balaban J connectivity index is 2.41. The van der Waals surface area contributed by atoms with Gasteiger partial charge in [-0.2, -0.15) is 0 Å². The van der Waals surface area contributed by atoms with Crippen LogP contribution in [-0.2, 0) is 11.8 Å². The average molecular weight is 235 g/mol. The molecule has 0 heterocycles. The lowest BCUT2D eigenvalue weighted by Gasteiger charge is -2.19. The predicted octanol–water partition coefficient (Wildman–Crippen LogP) is 2.50. The number of rotatable bonds is 5. The molecule has 0 aliphatic heterocycles. The van der Waals surface area contributed by atoms with Crippen molar-refractivity contribution in [1.29, 1.82) is 0 Å². The van der Waals surface area contributed by atoms with Crippen LogP contribution in [-0.4, -0.2) is 24.3 Å². The molecule has 0 bridgehead atoms. The number of hydrogen-bond acceptors (Lipinski definition) is 2. The van der Waals surface area contributed by atoms with Crippen LogP contribution in [0.1, 0.15) is 38.8 Å². The van der Waals surface area contributed by atoms with E-state index in [4.69, 9.17) is 5.11 Å². The third-order valence-corrected chi connectivity index (χ3v) is 2.85. The molecule has 96 valence electrons. The van der Waals surface area contributed by atoms with Crippen molar-refractivity contribution in [2.45, 2.75) is 45.6 Å². The summed E-state index contributed by atoms with van der Waals surface area (Å²) in [5.74, 6) is 0. The number of nitrogens with one attached hydrogen (secondary N) is 1. The van der Waals surface area contributed by atoms with E-state index in [1.807, 2.05) is 0 Å². The van der Waals surface area contributed by atoms with Gasteiger partial charge in [-0.25, -0.2) is 0 Å². The third-order valence-electron chi connectivity index (χ3n) is 2.85. The highest BCUT2D eigenvalue weighted by atomic mass is 16.3. The van der Waals surface area contributed by atoms with E-state index in [-0.39, 0.29) is 11.5 Å². The van der Waals surface area contributed by atoms with Gasteiger partial charge in [-0.15, -0.1) is 0 Å². The van der Waals surface area contributed by atoms with Crippen molar-refractivity contribution in [2.75, 3.05) is 13.1 Å². The highest BCUT2D eigenvalue weighted by Gasteiger charge is 2.12. The van der Waals surface area contributed by atoms with Crippen LogP contribution in [0.15, 0.2) is 24.3 Å². The van der Waals surface area contributed by atoms with Gasteiger partial charge in [-0.3, -0.25) is 0 Å². The van der Waals surface area contributed by atoms with Gasteiger partial charge in [0, 0.05) is 6.54 Å². The maximum Gasteiger partial charge on any atom is 0.0636 e. The summed E-state index contributed by atoms with van der Waals surface area (Å²) in [5, 5.41) is 12.3. The highest BCUT2D eigenvalue weighted by molar-refractivity contribution is 5.27. The van der Waals surface area contributed by atoms with Gasteiger partial charge in [-0.1, -0.05) is 45.0 Å². The van der Waals surface area contributed by atoms with Crippen LogP contribution < -0.4 is 5.32 Å². The van der Waals surface area contributed by atoms with Gasteiger partial charge in [0.25, 0.3) is 0 Å². The van der Waals surface area contributed by atoms with Gasteiger partial charge in [0.15, 0.2) is 0 Å². The molecule has 0 spiro atoms. The molecule has 1 aromatic carbocycles. The van der Waals surface area contributed by atoms with Crippen LogP contribution >= 0.6 is 0 Å². The zero-order chi connectivity index (χ0) is 12.9. The van der Waals surface area contributed by atoms with Gasteiger partial charge in [-0.05, 0) is 36.4 Å². The van der Waals surface area contributed by atoms with Gasteiger partial charge < -0.3 is 10.4 Å². The minimum absolute atomic E-state index is 0.225. The largest absolute Gasteiger partial charge is 0.392 e. The zero-order valence-electron chi connectivity index (χ0n) is 11.5. The molecule has 2 N–H and O–H groups in total. The highest BCUT2D eigenvalue weighted by Crippen LogP contribution is 2.22. The zero-order valence-corrected chi connectivity index (χ0v) is 11.5. The average Bonchev–Trinajstić information content (AvgIpc) is 2.23. The molecule has 0 saturated heterocycles. The number of aliphatic hydroxyl groups excluding tert-OH is 1. The standard InChI is InChI=1S/C15H25NO/c1-12(17)11-16-10-9-13-5-7-14(8-6-13)15(2,3)4/h5-8,12,16-17H,9-11H2,1-4H3. The van der Waals surface area contributed by atoms with Crippen molar-refractivity contribution in [1.82, 2.24) is 5.32 Å². The van der Waals surface area contributed by atoms with E-state index in [9.17, 15) is 0 Å². The summed E-state index contributed by atoms with van der Waals surface area (Å²) >= 11 is 0. The number of hydrogen-bond donors (Lipinski definition) is 2. The van der Waals surface area contributed by atoms with Crippen molar-refractivity contribution >= 4 is 0 Å². The Morgan fingerprint density at radius 1 is 1.18 bits per heavy atom. The summed E-state index contributed by atoms with van der Waals surface area (Å²) in [7, 11) is 0. The van der Waals surface area contributed by atoms with Crippen LogP contribution in [0.25, 0.3) is 0 Å². The molecule has 0 amide bonds. The monoisotopic (exact) mass is 235 g/mol. The number of aliphatic hydroxyl groups is 1. The molecule has 1 atom stereocenters. The SMILES string of the molecule is CC(O)CNCCc1ccc(C(C)(C)C)cc1. The van der Waals surface area contributed by atoms with E-state index in [1.165, 1.54) is 11.1 Å². The van der Waals surface area contributed by atoms with E-state index in [0.717, 1.165) is 13.0 Å². The second-order valence-electron chi connectivity index (χ2n) is 5.75. The Morgan fingerprint density at radius 3 is 2.24 bits per heavy atom. The first-order valence-electron chi connectivity index (χ1n) is 6.38. The Bertz CT molecular complexity index is 322. The minimum Gasteiger partial charge on any atom is -0.392 e. The van der Waals surface area contributed by atoms with Gasteiger partial charge in [0.2, 0.25) is 0 Å². The Morgan fingerprint density at radius 2 is 1.76 bits per heavy atom. The molecular formula is C15H25NO. The summed E-state index contributed by atoms with van der Waals surface area (Å²) in [6.45, 7) is 10.1. The first kappa shape index (κ1) is 14.2. The van der Waals surface area contributed by atoms with Crippen LogP contribution in [0.3, 0.4) is 0 Å². The third kappa shape index (κ3) is 5.33. The first-order chi connectivity index (χ1) is 7.89. The normalized spacial score (nSPS) is 13.7. The second kappa shape index (κ2) is 6.18. The molecule has 2 heteroatoms. The van der Waals surface area contributed by atoms with Gasteiger partial charge in [0.1, 0.15) is 0 Å². The maximum atomic E-state index is 9.11. The Labute approximate surface area is 105 Å². The predicted molar refractivity (Wildman–Crippen MR) is 73.4 cm³/mol. The fourth-order valence-electron chi connectivity index (χ4n) is 1.72. The minimum atomic E-state index is -0.265. The van der Waals surface area contributed by atoms with E-state index in [2.05, 4.69) is 50.4 Å². The van der Waals surface area contributed by atoms with Crippen molar-refractivity contribution in [3.8, 4) is 0 Å². The van der Waals surface area contributed by atoms with Gasteiger partial charge in [0.05, 0.1) is 6.10 Å². The van der Waals surface area contributed by atoms with Crippen molar-refractivity contribution in [3.63, 3.8) is 0 Å². The van der Waals surface area contributed by atoms with E-state index >= 15 is 0 Å². The van der Waals surface area contributed by atoms with E-state index in [0.29, 0.717) is 6.54 Å². The molecular weight excluding hydrogens is 210 g/mol. The molecule has 1 rings (SSSR count). The fourth-order valence-corrected chi connectivity index (χ4v) is 1.72. The van der Waals surface area contributed by atoms with Crippen LogP contribution in [0.5, 0.6) is 0 Å². The van der Waals surface area contributed by atoms with Crippen LogP contribution in [0.4, 0.5) is 0 Å². The lowest BCUT2D eigenvalue weighted by atomic mass is 9.86. The van der Waals surface area contributed by atoms with E-state index in [1.54, 1.807) is 6.92 Å². The molecule has 0 aliphatic carbocycles. The van der Waals surface area contributed by atoms with Crippen LogP contribution in [0, 0.1) is 0 Å². The molecule has 1 aromatic rings. The molecule has 1 unspecified atom stereocenters. The smallest absolute Gasteiger partial charge is 0.0636 e. The summed E-state index contributed by atoms with van der Waals surface area (Å²) in [6, 6.07) is 8.82. The first-order valence-corrected chi connectivity index (χ1v) is 6.38. The molecule has 0 aromatic heterocycles. The summed E-state index contributed by atoms with van der Waals surface area (Å²) in [6.07, 6.45) is 0.746. The maximum absolute atomic E-state index is 9.11. The quantitative estimate of drug-likeness (QED) is 0.769. The molecule has 17 heavy (non-hydrogen) atoms. The molecule has 0 aliphatic rings. The lowest BCUT2D eigenvalue weighted by molar-refractivity contribution is 0.191. The van der Waals surface area contributed by atoms with Crippen molar-refractivity contribution < 1.29 is 5.11 Å². The lowest BCUT2D eigenvalue weighted by Crippen LogP contribution is -2.26. The molecule has 0 fully saturated rings. The van der Waals surface area contributed by atoms with E-state index < -0.39 is 0 Å². The van der Waals surface area contributed by atoms with Gasteiger partial charge >= 0.3 is 0 Å². The summed E-state index contributed by atoms with van der Waals surface area (Å²) < 4.78 is 0. The number of benzene rings is 1.